The SMILES string of the molecule is CCOc1ccccc1NC(=O)CSC1NC(c2ccccc2)NC2C1C(=O)N(C)C(=O)N2C. The molecule has 9 nitrogen and oxygen atoms in total. The summed E-state index contributed by atoms with van der Waals surface area (Å²) in [5.74, 6) is -0.305. The number of para-hydroxylation sites is 2. The van der Waals surface area contributed by atoms with Gasteiger partial charge in [-0.05, 0) is 24.6 Å². The number of benzene rings is 2. The molecule has 2 aromatic rings. The summed E-state index contributed by atoms with van der Waals surface area (Å²) >= 11 is 1.35. The largest absolute Gasteiger partial charge is 0.492 e. The minimum absolute atomic E-state index is 0.123. The van der Waals surface area contributed by atoms with Crippen molar-refractivity contribution in [2.24, 2.45) is 5.92 Å². The number of rotatable bonds is 7. The zero-order valence-electron chi connectivity index (χ0n) is 19.4. The van der Waals surface area contributed by atoms with Gasteiger partial charge in [0.15, 0.2) is 0 Å². The van der Waals surface area contributed by atoms with Gasteiger partial charge in [-0.25, -0.2) is 4.79 Å². The van der Waals surface area contributed by atoms with Gasteiger partial charge >= 0.3 is 6.03 Å². The molecule has 2 heterocycles. The minimum Gasteiger partial charge on any atom is -0.492 e. The normalized spacial score (nSPS) is 24.6. The van der Waals surface area contributed by atoms with Crippen LogP contribution in [-0.2, 0) is 9.59 Å². The van der Waals surface area contributed by atoms with Gasteiger partial charge < -0.3 is 15.0 Å². The Hall–Kier alpha value is -3.08. The first-order chi connectivity index (χ1) is 16.4. The lowest BCUT2D eigenvalue weighted by atomic mass is 9.96. The van der Waals surface area contributed by atoms with Crippen molar-refractivity contribution in [1.29, 1.82) is 0 Å². The molecule has 4 atom stereocenters. The van der Waals surface area contributed by atoms with Crippen LogP contribution in [-0.4, -0.2) is 65.6 Å². The van der Waals surface area contributed by atoms with Crippen LogP contribution >= 0.6 is 11.8 Å². The summed E-state index contributed by atoms with van der Waals surface area (Å²) in [6, 6.07) is 16.7. The first-order valence-electron chi connectivity index (χ1n) is 11.2. The van der Waals surface area contributed by atoms with Crippen LogP contribution in [0.5, 0.6) is 5.75 Å². The Kier molecular flexibility index (Phi) is 7.40. The third-order valence-electron chi connectivity index (χ3n) is 5.94. The number of carbonyl (C=O) groups excluding carboxylic acids is 3. The van der Waals surface area contributed by atoms with Crippen molar-refractivity contribution in [1.82, 2.24) is 20.4 Å². The topological polar surface area (TPSA) is 103 Å². The lowest BCUT2D eigenvalue weighted by Gasteiger charge is -2.50. The number of nitrogens with zero attached hydrogens (tertiary/aromatic N) is 2. The van der Waals surface area contributed by atoms with E-state index in [2.05, 4.69) is 16.0 Å². The molecule has 0 aromatic heterocycles. The van der Waals surface area contributed by atoms with Crippen molar-refractivity contribution >= 4 is 35.3 Å². The molecule has 3 N–H and O–H groups in total. The summed E-state index contributed by atoms with van der Waals surface area (Å²) in [6.45, 7) is 2.38. The number of urea groups is 1. The highest BCUT2D eigenvalue weighted by Crippen LogP contribution is 2.34. The van der Waals surface area contributed by atoms with Gasteiger partial charge in [0.25, 0.3) is 0 Å². The van der Waals surface area contributed by atoms with Gasteiger partial charge in [-0.2, -0.15) is 0 Å². The number of hydrogen-bond donors (Lipinski definition) is 3. The quantitative estimate of drug-likeness (QED) is 0.556. The third-order valence-corrected chi connectivity index (χ3v) is 7.16. The number of thioether (sulfide) groups is 1. The molecule has 0 spiro atoms. The van der Waals surface area contributed by atoms with E-state index in [-0.39, 0.29) is 29.8 Å². The second kappa shape index (κ2) is 10.5. The predicted molar refractivity (Wildman–Crippen MR) is 131 cm³/mol. The van der Waals surface area contributed by atoms with Crippen molar-refractivity contribution in [3.8, 4) is 5.75 Å². The van der Waals surface area contributed by atoms with Gasteiger partial charge in [0.05, 0.1) is 41.7 Å². The van der Waals surface area contributed by atoms with Crippen LogP contribution in [0, 0.1) is 5.92 Å². The van der Waals surface area contributed by atoms with Crippen LogP contribution in [0.15, 0.2) is 54.6 Å². The molecule has 0 aliphatic carbocycles. The lowest BCUT2D eigenvalue weighted by molar-refractivity contribution is -0.140. The highest BCUT2D eigenvalue weighted by molar-refractivity contribution is 8.00. The number of carbonyl (C=O) groups is 3. The first-order valence-corrected chi connectivity index (χ1v) is 12.2. The zero-order chi connectivity index (χ0) is 24.2. The lowest BCUT2D eigenvalue weighted by Crippen LogP contribution is -2.72. The summed E-state index contributed by atoms with van der Waals surface area (Å²) in [6.07, 6.45) is -0.782. The number of imide groups is 1. The van der Waals surface area contributed by atoms with E-state index in [0.29, 0.717) is 18.0 Å². The molecule has 180 valence electrons. The number of amides is 4. The maximum Gasteiger partial charge on any atom is 0.327 e. The van der Waals surface area contributed by atoms with Crippen LogP contribution in [0.2, 0.25) is 0 Å². The van der Waals surface area contributed by atoms with Crippen LogP contribution in [0.3, 0.4) is 0 Å². The van der Waals surface area contributed by atoms with E-state index < -0.39 is 17.5 Å². The van der Waals surface area contributed by atoms with E-state index in [9.17, 15) is 14.4 Å². The van der Waals surface area contributed by atoms with Crippen molar-refractivity contribution in [2.45, 2.75) is 24.6 Å². The molecule has 4 rings (SSSR count). The van der Waals surface area contributed by atoms with Crippen LogP contribution in [0.1, 0.15) is 18.7 Å². The van der Waals surface area contributed by atoms with E-state index >= 15 is 0 Å². The van der Waals surface area contributed by atoms with Gasteiger partial charge in [-0.1, -0.05) is 42.5 Å². The summed E-state index contributed by atoms with van der Waals surface area (Å²) in [7, 11) is 3.17. The van der Waals surface area contributed by atoms with Crippen molar-refractivity contribution in [2.75, 3.05) is 31.8 Å². The molecule has 2 aromatic carbocycles. The molecular weight excluding hydrogens is 454 g/mol. The van der Waals surface area contributed by atoms with E-state index in [1.165, 1.54) is 18.8 Å². The second-order valence-corrected chi connectivity index (χ2v) is 9.28. The average molecular weight is 484 g/mol. The molecule has 0 saturated carbocycles. The minimum atomic E-state index is -0.554. The highest BCUT2D eigenvalue weighted by atomic mass is 32.2. The average Bonchev–Trinajstić information content (AvgIpc) is 2.86. The Balaban J connectivity index is 1.51. The van der Waals surface area contributed by atoms with Crippen molar-refractivity contribution in [3.63, 3.8) is 0 Å². The maximum absolute atomic E-state index is 13.1. The van der Waals surface area contributed by atoms with Crippen molar-refractivity contribution < 1.29 is 19.1 Å². The number of fused-ring (bicyclic) bond motifs is 1. The van der Waals surface area contributed by atoms with E-state index in [1.54, 1.807) is 24.1 Å². The van der Waals surface area contributed by atoms with Gasteiger partial charge in [-0.15, -0.1) is 11.8 Å². The molecular formula is C24H29N5O4S. The zero-order valence-corrected chi connectivity index (χ0v) is 20.2. The fraction of sp³-hybridized carbons (Fsp3) is 0.375. The molecule has 2 aliphatic heterocycles. The fourth-order valence-electron chi connectivity index (χ4n) is 4.24. The van der Waals surface area contributed by atoms with E-state index in [0.717, 1.165) is 10.5 Å². The second-order valence-electron chi connectivity index (χ2n) is 8.15. The highest BCUT2D eigenvalue weighted by Gasteiger charge is 2.51. The fourth-order valence-corrected chi connectivity index (χ4v) is 5.35. The van der Waals surface area contributed by atoms with Gasteiger partial charge in [-0.3, -0.25) is 25.1 Å². The molecule has 34 heavy (non-hydrogen) atoms. The van der Waals surface area contributed by atoms with Crippen LogP contribution in [0.25, 0.3) is 0 Å². The monoisotopic (exact) mass is 483 g/mol. The van der Waals surface area contributed by atoms with Gasteiger partial charge in [0.1, 0.15) is 5.75 Å². The summed E-state index contributed by atoms with van der Waals surface area (Å²) in [5, 5.41) is 9.37. The number of ether oxygens (including phenoxy) is 1. The van der Waals surface area contributed by atoms with E-state index in [4.69, 9.17) is 4.74 Å². The Labute approximate surface area is 203 Å². The summed E-state index contributed by atoms with van der Waals surface area (Å²) in [5.41, 5.74) is 1.58. The van der Waals surface area contributed by atoms with Gasteiger partial charge in [0.2, 0.25) is 11.8 Å². The first kappa shape index (κ1) is 24.1. The summed E-state index contributed by atoms with van der Waals surface area (Å²) in [4.78, 5) is 41.2. The van der Waals surface area contributed by atoms with Gasteiger partial charge in [0, 0.05) is 14.1 Å². The Bertz CT molecular complexity index is 1050. The maximum atomic E-state index is 13.1. The van der Waals surface area contributed by atoms with Crippen LogP contribution < -0.4 is 20.7 Å². The molecule has 10 heteroatoms. The molecule has 0 bridgehead atoms. The Morgan fingerprint density at radius 3 is 2.50 bits per heavy atom. The van der Waals surface area contributed by atoms with Crippen LogP contribution in [0.4, 0.5) is 10.5 Å². The third kappa shape index (κ3) is 4.89. The predicted octanol–water partition coefficient (Wildman–Crippen LogP) is 2.44. The standard InChI is InChI=1S/C24H29N5O4S/c1-4-33-17-13-9-8-12-16(17)25-18(30)14-34-22-19-21(28(2)24(32)29(3)23(19)31)26-20(27-22)15-10-6-5-7-11-15/h5-13,19-22,26-27H,4,14H2,1-3H3,(H,25,30). The Morgan fingerprint density at radius 2 is 1.76 bits per heavy atom. The molecule has 4 amide bonds. The molecule has 2 saturated heterocycles. The molecule has 2 aliphatic rings. The summed E-state index contributed by atoms with van der Waals surface area (Å²) < 4.78 is 5.58. The number of hydrogen-bond acceptors (Lipinski definition) is 7. The molecule has 2 fully saturated rings. The smallest absolute Gasteiger partial charge is 0.327 e. The van der Waals surface area contributed by atoms with E-state index in [1.807, 2.05) is 49.4 Å². The molecule has 4 unspecified atom stereocenters. The Morgan fingerprint density at radius 1 is 1.06 bits per heavy atom. The van der Waals surface area contributed by atoms with Crippen molar-refractivity contribution in [3.05, 3.63) is 60.2 Å². The molecule has 0 radical (unpaired) electrons. The number of anilines is 1. The number of nitrogens with one attached hydrogen (secondary N) is 3.